The number of carbonyl (C=O) groups excluding carboxylic acids is 1. The highest BCUT2D eigenvalue weighted by atomic mass is 16.1. The molecule has 1 saturated carbocycles. The topological polar surface area (TPSA) is 41.1 Å². The van der Waals surface area contributed by atoms with Crippen molar-refractivity contribution < 1.29 is 4.79 Å². The molecule has 1 aromatic carbocycles. The van der Waals surface area contributed by atoms with Gasteiger partial charge in [-0.3, -0.25) is 4.79 Å². The highest BCUT2D eigenvalue weighted by Gasteiger charge is 2.19. The van der Waals surface area contributed by atoms with Gasteiger partial charge in [0, 0.05) is 19.2 Å². The number of nitrogens with one attached hydrogen (secondary N) is 2. The summed E-state index contributed by atoms with van der Waals surface area (Å²) in [6.45, 7) is 3.43. The smallest absolute Gasteiger partial charge is 0.221 e. The molecule has 2 N–H and O–H groups in total. The fourth-order valence-electron chi connectivity index (χ4n) is 1.92. The van der Waals surface area contributed by atoms with Gasteiger partial charge < -0.3 is 10.6 Å². The highest BCUT2D eigenvalue weighted by molar-refractivity contribution is 5.89. The quantitative estimate of drug-likeness (QED) is 0.740. The van der Waals surface area contributed by atoms with Crippen molar-refractivity contribution >= 4 is 11.6 Å². The molecular formula is C14H20N2O. The number of carbonyl (C=O) groups is 1. The lowest BCUT2D eigenvalue weighted by Gasteiger charge is -2.10. The van der Waals surface area contributed by atoms with Crippen LogP contribution in [-0.2, 0) is 11.3 Å². The first kappa shape index (κ1) is 12.1. The molecule has 1 fully saturated rings. The Morgan fingerprint density at radius 2 is 2.12 bits per heavy atom. The first-order chi connectivity index (χ1) is 8.25. The second-order valence-corrected chi connectivity index (χ2v) is 4.75. The Kier molecular flexibility index (Phi) is 4.15. The lowest BCUT2D eigenvalue weighted by atomic mass is 10.1. The summed E-state index contributed by atoms with van der Waals surface area (Å²) >= 11 is 0. The van der Waals surface area contributed by atoms with Crippen molar-refractivity contribution in [3.63, 3.8) is 0 Å². The summed E-state index contributed by atoms with van der Waals surface area (Å²) < 4.78 is 0. The van der Waals surface area contributed by atoms with Crippen LogP contribution < -0.4 is 10.6 Å². The van der Waals surface area contributed by atoms with Crippen LogP contribution in [0.1, 0.15) is 31.7 Å². The molecule has 2 rings (SSSR count). The van der Waals surface area contributed by atoms with Gasteiger partial charge in [-0.25, -0.2) is 0 Å². The third kappa shape index (κ3) is 4.19. The minimum absolute atomic E-state index is 0.0181. The Hall–Kier alpha value is -1.35. The van der Waals surface area contributed by atoms with E-state index in [1.807, 2.05) is 18.2 Å². The Labute approximate surface area is 103 Å². The maximum absolute atomic E-state index is 11.1. The molecule has 3 nitrogen and oxygen atoms in total. The summed E-state index contributed by atoms with van der Waals surface area (Å²) in [7, 11) is 0. The standard InChI is InChI=1S/C14H20N2O/c1-11(17)16-14-5-3-2-4-13(14)10-15-9-8-12-6-7-12/h2-5,12,15H,6-10H2,1H3,(H,16,17). The summed E-state index contributed by atoms with van der Waals surface area (Å²) in [6, 6.07) is 7.94. The van der Waals surface area contributed by atoms with Crippen LogP contribution in [0.5, 0.6) is 0 Å². The van der Waals surface area contributed by atoms with Gasteiger partial charge in [-0.15, -0.1) is 0 Å². The maximum Gasteiger partial charge on any atom is 0.221 e. The van der Waals surface area contributed by atoms with E-state index >= 15 is 0 Å². The number of anilines is 1. The van der Waals surface area contributed by atoms with Gasteiger partial charge in [0.25, 0.3) is 0 Å². The van der Waals surface area contributed by atoms with Gasteiger partial charge in [-0.05, 0) is 30.5 Å². The Bertz CT molecular complexity index is 386. The first-order valence-corrected chi connectivity index (χ1v) is 6.32. The number of amides is 1. The number of rotatable bonds is 6. The molecule has 0 spiro atoms. The predicted molar refractivity (Wildman–Crippen MR) is 69.8 cm³/mol. The van der Waals surface area contributed by atoms with E-state index in [2.05, 4.69) is 16.7 Å². The zero-order valence-corrected chi connectivity index (χ0v) is 10.3. The van der Waals surface area contributed by atoms with Crippen LogP contribution in [0.4, 0.5) is 5.69 Å². The number of hydrogen-bond acceptors (Lipinski definition) is 2. The normalized spacial score (nSPS) is 14.6. The molecule has 0 aromatic heterocycles. The molecule has 0 bridgehead atoms. The van der Waals surface area contributed by atoms with E-state index in [1.165, 1.54) is 26.2 Å². The van der Waals surface area contributed by atoms with Crippen LogP contribution in [0, 0.1) is 5.92 Å². The molecule has 1 aliphatic carbocycles. The van der Waals surface area contributed by atoms with E-state index in [0.717, 1.165) is 30.3 Å². The molecule has 0 atom stereocenters. The Morgan fingerprint density at radius 1 is 1.35 bits per heavy atom. The van der Waals surface area contributed by atoms with Crippen LogP contribution in [0.3, 0.4) is 0 Å². The zero-order chi connectivity index (χ0) is 12.1. The molecule has 1 amide bonds. The van der Waals surface area contributed by atoms with Gasteiger partial charge >= 0.3 is 0 Å². The average molecular weight is 232 g/mol. The second-order valence-electron chi connectivity index (χ2n) is 4.75. The van der Waals surface area contributed by atoms with E-state index in [4.69, 9.17) is 0 Å². The highest BCUT2D eigenvalue weighted by Crippen LogP contribution is 2.31. The van der Waals surface area contributed by atoms with Crippen molar-refractivity contribution in [2.45, 2.75) is 32.7 Å². The van der Waals surface area contributed by atoms with Gasteiger partial charge in [0.15, 0.2) is 0 Å². The molecular weight excluding hydrogens is 212 g/mol. The number of benzene rings is 1. The SMILES string of the molecule is CC(=O)Nc1ccccc1CNCCC1CC1. The van der Waals surface area contributed by atoms with Crippen LogP contribution >= 0.6 is 0 Å². The molecule has 17 heavy (non-hydrogen) atoms. The van der Waals surface area contributed by atoms with Crippen molar-refractivity contribution in [3.05, 3.63) is 29.8 Å². The molecule has 3 heteroatoms. The van der Waals surface area contributed by atoms with E-state index in [0.29, 0.717) is 0 Å². The van der Waals surface area contributed by atoms with Crippen LogP contribution in [0.15, 0.2) is 24.3 Å². The van der Waals surface area contributed by atoms with Crippen LogP contribution in [0.25, 0.3) is 0 Å². The van der Waals surface area contributed by atoms with Gasteiger partial charge in [0.1, 0.15) is 0 Å². The van der Waals surface area contributed by atoms with Crippen molar-refractivity contribution in [1.29, 1.82) is 0 Å². The Morgan fingerprint density at radius 3 is 2.82 bits per heavy atom. The van der Waals surface area contributed by atoms with Crippen LogP contribution in [-0.4, -0.2) is 12.5 Å². The minimum atomic E-state index is -0.0181. The first-order valence-electron chi connectivity index (χ1n) is 6.32. The summed E-state index contributed by atoms with van der Waals surface area (Å²) in [6.07, 6.45) is 4.09. The molecule has 0 saturated heterocycles. The van der Waals surface area contributed by atoms with E-state index in [1.54, 1.807) is 0 Å². The lowest BCUT2D eigenvalue weighted by Crippen LogP contribution is -2.17. The minimum Gasteiger partial charge on any atom is -0.326 e. The summed E-state index contributed by atoms with van der Waals surface area (Å²) in [5.41, 5.74) is 2.07. The van der Waals surface area contributed by atoms with Gasteiger partial charge in [0.05, 0.1) is 0 Å². The van der Waals surface area contributed by atoms with Crippen molar-refractivity contribution in [1.82, 2.24) is 5.32 Å². The lowest BCUT2D eigenvalue weighted by molar-refractivity contribution is -0.114. The van der Waals surface area contributed by atoms with E-state index in [-0.39, 0.29) is 5.91 Å². The molecule has 1 aliphatic rings. The Balaban J connectivity index is 1.82. The predicted octanol–water partition coefficient (Wildman–Crippen LogP) is 2.53. The third-order valence-electron chi connectivity index (χ3n) is 3.07. The fourth-order valence-corrected chi connectivity index (χ4v) is 1.92. The molecule has 92 valence electrons. The average Bonchev–Trinajstić information content (AvgIpc) is 3.09. The third-order valence-corrected chi connectivity index (χ3v) is 3.07. The molecule has 0 heterocycles. The summed E-state index contributed by atoms with van der Waals surface area (Å²) in [5, 5.41) is 6.29. The van der Waals surface area contributed by atoms with Crippen molar-refractivity contribution in [2.24, 2.45) is 5.92 Å². The zero-order valence-electron chi connectivity index (χ0n) is 10.3. The van der Waals surface area contributed by atoms with Gasteiger partial charge in [-0.1, -0.05) is 31.0 Å². The fraction of sp³-hybridized carbons (Fsp3) is 0.500. The largest absolute Gasteiger partial charge is 0.326 e. The van der Waals surface area contributed by atoms with Crippen molar-refractivity contribution in [2.75, 3.05) is 11.9 Å². The van der Waals surface area contributed by atoms with E-state index < -0.39 is 0 Å². The summed E-state index contributed by atoms with van der Waals surface area (Å²) in [4.78, 5) is 11.1. The number of para-hydroxylation sites is 1. The monoisotopic (exact) mass is 232 g/mol. The van der Waals surface area contributed by atoms with E-state index in [9.17, 15) is 4.79 Å². The summed E-state index contributed by atoms with van der Waals surface area (Å²) in [5.74, 6) is 0.948. The second kappa shape index (κ2) is 5.82. The maximum atomic E-state index is 11.1. The molecule has 0 unspecified atom stereocenters. The molecule has 1 aromatic rings. The molecule has 0 radical (unpaired) electrons. The van der Waals surface area contributed by atoms with Crippen molar-refractivity contribution in [3.8, 4) is 0 Å². The van der Waals surface area contributed by atoms with Gasteiger partial charge in [0.2, 0.25) is 5.91 Å². The van der Waals surface area contributed by atoms with Crippen LogP contribution in [0.2, 0.25) is 0 Å². The molecule has 0 aliphatic heterocycles. The number of hydrogen-bond donors (Lipinski definition) is 2. The van der Waals surface area contributed by atoms with Gasteiger partial charge in [-0.2, -0.15) is 0 Å².